The molecular weight excluding hydrogens is 184 g/mol. The van der Waals surface area contributed by atoms with E-state index in [1.165, 1.54) is 13.8 Å². The number of carboxylic acid groups (broad SMARTS) is 2. The Bertz CT molecular complexity index is 244. The van der Waals surface area contributed by atoms with E-state index >= 15 is 0 Å². The molecule has 0 aliphatic carbocycles. The summed E-state index contributed by atoms with van der Waals surface area (Å²) in [5, 5.41) is 18.6. The van der Waals surface area contributed by atoms with Gasteiger partial charge in [-0.05, 0) is 13.8 Å². The average molecular weight is 190 g/mol. The molecule has 0 heterocycles. The Morgan fingerprint density at radius 1 is 0.923 bits per heavy atom. The molecule has 0 aromatic carbocycles. The number of aliphatic carboxylic acids is 2. The molecule has 0 aromatic heterocycles. The van der Waals surface area contributed by atoms with Crippen LogP contribution in [-0.2, 0) is 9.59 Å². The van der Waals surface area contributed by atoms with Crippen LogP contribution < -0.4 is 10.2 Å². The van der Waals surface area contributed by atoms with E-state index in [1.54, 1.807) is 11.8 Å². The monoisotopic (exact) mass is 190 g/mol. The van der Waals surface area contributed by atoms with Crippen molar-refractivity contribution in [1.82, 2.24) is 0 Å². The van der Waals surface area contributed by atoms with Crippen molar-refractivity contribution in [2.75, 3.05) is 0 Å². The number of hydrogen-bond donors (Lipinski definition) is 0. The topological polar surface area (TPSA) is 80.3 Å². The van der Waals surface area contributed by atoms with Crippen molar-refractivity contribution in [2.45, 2.75) is 13.8 Å². The van der Waals surface area contributed by atoms with E-state index in [0.717, 1.165) is 0 Å². The number of carboxylic acids is 2. The van der Waals surface area contributed by atoms with Crippen LogP contribution in [0.25, 0.3) is 0 Å². The first kappa shape index (κ1) is 17.8. The van der Waals surface area contributed by atoms with E-state index < -0.39 is 11.9 Å². The van der Waals surface area contributed by atoms with Crippen LogP contribution in [0.4, 0.5) is 0 Å². The number of carbonyl (C=O) groups excluding carboxylic acids is 2. The third kappa shape index (κ3) is 36.2. The smallest absolute Gasteiger partial charge is 0.537 e. The fraction of sp³-hybridized carbons (Fsp3) is 0.250. The Balaban J connectivity index is -0.000000143. The molecular formula is C8H6MgO4. The van der Waals surface area contributed by atoms with Gasteiger partial charge in [0.1, 0.15) is 11.9 Å². The molecule has 0 saturated carbocycles. The van der Waals surface area contributed by atoms with Gasteiger partial charge >= 0.3 is 23.1 Å². The molecule has 0 aliphatic heterocycles. The van der Waals surface area contributed by atoms with Gasteiger partial charge in [0, 0.05) is 0 Å². The molecule has 64 valence electrons. The summed E-state index contributed by atoms with van der Waals surface area (Å²) in [6.45, 7) is 2.88. The number of rotatable bonds is 0. The first-order valence-corrected chi connectivity index (χ1v) is 2.82. The maximum absolute atomic E-state index is 9.31. The van der Waals surface area contributed by atoms with Crippen LogP contribution in [0.15, 0.2) is 0 Å². The zero-order valence-corrected chi connectivity index (χ0v) is 8.75. The van der Waals surface area contributed by atoms with Crippen LogP contribution in [0.5, 0.6) is 0 Å². The largest absolute Gasteiger partial charge is 2.00 e. The summed E-state index contributed by atoms with van der Waals surface area (Å²) >= 11 is 0. The van der Waals surface area contributed by atoms with Gasteiger partial charge in [0.2, 0.25) is 0 Å². The van der Waals surface area contributed by atoms with Crippen molar-refractivity contribution in [3.63, 3.8) is 0 Å². The molecule has 5 heteroatoms. The van der Waals surface area contributed by atoms with Crippen LogP contribution in [-0.4, -0.2) is 35.0 Å². The second kappa shape index (κ2) is 13.4. The third-order valence-corrected chi connectivity index (χ3v) is 0.454. The molecule has 0 atom stereocenters. The van der Waals surface area contributed by atoms with Gasteiger partial charge in [0.05, 0.1) is 0 Å². The Morgan fingerprint density at radius 2 is 1.15 bits per heavy atom. The maximum atomic E-state index is 9.31. The summed E-state index contributed by atoms with van der Waals surface area (Å²) in [4.78, 5) is 18.6. The molecule has 0 aromatic rings. The first-order chi connectivity index (χ1) is 5.54. The molecule has 0 radical (unpaired) electrons. The van der Waals surface area contributed by atoms with Crippen LogP contribution >= 0.6 is 0 Å². The van der Waals surface area contributed by atoms with Gasteiger partial charge in [-0.3, -0.25) is 0 Å². The van der Waals surface area contributed by atoms with Crippen LogP contribution in [0.3, 0.4) is 0 Å². The summed E-state index contributed by atoms with van der Waals surface area (Å²) in [5.74, 6) is 5.19. The standard InChI is InChI=1S/2C4H4O2.Mg/c2*1-2-3-4(5)6;/h2*1H3,(H,5,6);/q;;+2/p-2. The minimum absolute atomic E-state index is 0. The summed E-state index contributed by atoms with van der Waals surface area (Å²) < 4.78 is 0. The number of hydrogen-bond acceptors (Lipinski definition) is 4. The maximum Gasteiger partial charge on any atom is 2.00 e. The van der Waals surface area contributed by atoms with Crippen LogP contribution in [0.1, 0.15) is 13.8 Å². The van der Waals surface area contributed by atoms with Gasteiger partial charge in [-0.1, -0.05) is 11.8 Å². The van der Waals surface area contributed by atoms with Gasteiger partial charge in [-0.15, -0.1) is 11.8 Å². The zero-order chi connectivity index (χ0) is 9.98. The molecule has 0 fully saturated rings. The predicted molar refractivity (Wildman–Crippen MR) is 42.7 cm³/mol. The second-order valence-electron chi connectivity index (χ2n) is 1.32. The molecule has 0 aliphatic rings. The van der Waals surface area contributed by atoms with Crippen molar-refractivity contribution in [3.8, 4) is 23.7 Å². The van der Waals surface area contributed by atoms with Gasteiger partial charge < -0.3 is 19.8 Å². The molecule has 0 saturated heterocycles. The van der Waals surface area contributed by atoms with Crippen molar-refractivity contribution in [3.05, 3.63) is 0 Å². The fourth-order valence-corrected chi connectivity index (χ4v) is 0.204. The summed E-state index contributed by atoms with van der Waals surface area (Å²) in [6.07, 6.45) is 0. The Morgan fingerprint density at radius 3 is 1.15 bits per heavy atom. The van der Waals surface area contributed by atoms with E-state index in [1.807, 2.05) is 0 Å². The van der Waals surface area contributed by atoms with Crippen molar-refractivity contribution in [2.24, 2.45) is 0 Å². The van der Waals surface area contributed by atoms with Gasteiger partial charge in [0.25, 0.3) is 0 Å². The molecule has 13 heavy (non-hydrogen) atoms. The van der Waals surface area contributed by atoms with E-state index in [9.17, 15) is 19.8 Å². The third-order valence-electron chi connectivity index (χ3n) is 0.454. The Kier molecular flexibility index (Phi) is 18.4. The Labute approximate surface area is 92.5 Å². The van der Waals surface area contributed by atoms with Gasteiger partial charge in [0.15, 0.2) is 0 Å². The van der Waals surface area contributed by atoms with E-state index in [4.69, 9.17) is 0 Å². The molecule has 0 rings (SSSR count). The minimum atomic E-state index is -1.32. The molecule has 0 N–H and O–H groups in total. The van der Waals surface area contributed by atoms with Crippen molar-refractivity contribution < 1.29 is 19.8 Å². The van der Waals surface area contributed by atoms with E-state index in [2.05, 4.69) is 11.8 Å². The van der Waals surface area contributed by atoms with Gasteiger partial charge in [-0.25, -0.2) is 0 Å². The first-order valence-electron chi connectivity index (χ1n) is 2.82. The zero-order valence-electron chi connectivity index (χ0n) is 7.34. The van der Waals surface area contributed by atoms with Crippen LogP contribution in [0.2, 0.25) is 0 Å². The summed E-state index contributed by atoms with van der Waals surface area (Å²) in [5.41, 5.74) is 0. The predicted octanol–water partition coefficient (Wildman–Crippen LogP) is -2.86. The Hall–Kier alpha value is -1.17. The molecule has 0 unspecified atom stereocenters. The molecule has 0 bridgehead atoms. The molecule has 0 amide bonds. The van der Waals surface area contributed by atoms with Crippen molar-refractivity contribution >= 4 is 35.0 Å². The fourth-order valence-electron chi connectivity index (χ4n) is 0.204. The minimum Gasteiger partial charge on any atom is -0.537 e. The quantitative estimate of drug-likeness (QED) is 0.304. The normalized spacial score (nSPS) is 5.08. The summed E-state index contributed by atoms with van der Waals surface area (Å²) in [7, 11) is 0. The number of carbonyl (C=O) groups is 2. The summed E-state index contributed by atoms with van der Waals surface area (Å²) in [6, 6.07) is 0. The molecule has 4 nitrogen and oxygen atoms in total. The molecule has 0 spiro atoms. The average Bonchev–Trinajstić information content (AvgIpc) is 1.87. The van der Waals surface area contributed by atoms with Crippen LogP contribution in [0, 0.1) is 23.7 Å². The van der Waals surface area contributed by atoms with E-state index in [0.29, 0.717) is 0 Å². The van der Waals surface area contributed by atoms with Gasteiger partial charge in [-0.2, -0.15) is 0 Å². The SMILES string of the molecule is CC#CC(=O)[O-].CC#CC(=O)[O-].[Mg+2]. The van der Waals surface area contributed by atoms with E-state index in [-0.39, 0.29) is 23.1 Å². The van der Waals surface area contributed by atoms with Crippen molar-refractivity contribution in [1.29, 1.82) is 0 Å². The second-order valence-corrected chi connectivity index (χ2v) is 1.32.